The standard InChI is InChI=1S/C35H40N2O2/c1-3-13-31-25(9-1)35(26-10-2-4-14-32(26)38-31)27-17-15-23(29-11-5-7-19-36-29)21-33(27)39-34-22-24(16-18-28(34)35)30-12-6-8-20-37-30/h1-4,9-10,13-18,21,24,27-30,33-34,36-37H,5-8,11-12,19-20,22H2. The Bertz CT molecular complexity index is 1270. The van der Waals surface area contributed by atoms with Crippen LogP contribution in [0.3, 0.4) is 0 Å². The molecule has 2 aliphatic carbocycles. The van der Waals surface area contributed by atoms with Crippen LogP contribution in [0.2, 0.25) is 0 Å². The molecule has 7 unspecified atom stereocenters. The van der Waals surface area contributed by atoms with Crippen LogP contribution >= 0.6 is 0 Å². The van der Waals surface area contributed by atoms with Crippen molar-refractivity contribution in [1.29, 1.82) is 0 Å². The minimum Gasteiger partial charge on any atom is -0.457 e. The maximum atomic E-state index is 7.22. The van der Waals surface area contributed by atoms with Crippen molar-refractivity contribution in [3.05, 3.63) is 95.6 Å². The number of hydrogen-bond acceptors (Lipinski definition) is 4. The zero-order valence-electron chi connectivity index (χ0n) is 22.7. The number of para-hydroxylation sites is 2. The Labute approximate surface area is 232 Å². The molecule has 0 amide bonds. The summed E-state index contributed by atoms with van der Waals surface area (Å²) in [5.41, 5.74) is 3.80. The van der Waals surface area contributed by atoms with Gasteiger partial charge in [-0.25, -0.2) is 0 Å². The summed E-state index contributed by atoms with van der Waals surface area (Å²) in [6.07, 6.45) is 21.4. The summed E-state index contributed by atoms with van der Waals surface area (Å²) < 4.78 is 13.8. The summed E-state index contributed by atoms with van der Waals surface area (Å²) in [5.74, 6) is 2.96. The van der Waals surface area contributed by atoms with E-state index in [0.717, 1.165) is 31.0 Å². The third kappa shape index (κ3) is 3.83. The highest BCUT2D eigenvalue weighted by molar-refractivity contribution is 5.61. The second-order valence-electron chi connectivity index (χ2n) is 12.5. The van der Waals surface area contributed by atoms with Crippen molar-refractivity contribution in [3.8, 4) is 11.5 Å². The third-order valence-corrected chi connectivity index (χ3v) is 10.5. The molecule has 2 aromatic carbocycles. The molecule has 7 atom stereocenters. The van der Waals surface area contributed by atoms with E-state index < -0.39 is 0 Å². The van der Waals surface area contributed by atoms with Gasteiger partial charge in [0.05, 0.1) is 12.2 Å². The molecule has 0 saturated carbocycles. The molecule has 4 heterocycles. The van der Waals surface area contributed by atoms with E-state index in [4.69, 9.17) is 9.47 Å². The van der Waals surface area contributed by atoms with Crippen LogP contribution in [0.5, 0.6) is 11.5 Å². The van der Waals surface area contributed by atoms with E-state index in [9.17, 15) is 0 Å². The number of piperidine rings is 2. The molecule has 2 N–H and O–H groups in total. The predicted octanol–water partition coefficient (Wildman–Crippen LogP) is 6.43. The number of fused-ring (bicyclic) bond motifs is 8. The molecule has 0 bridgehead atoms. The Morgan fingerprint density at radius 1 is 0.744 bits per heavy atom. The second kappa shape index (κ2) is 9.76. The van der Waals surface area contributed by atoms with Gasteiger partial charge in [-0.1, -0.05) is 79.6 Å². The Kier molecular flexibility index (Phi) is 6.05. The molecule has 39 heavy (non-hydrogen) atoms. The number of rotatable bonds is 2. The summed E-state index contributed by atoms with van der Waals surface area (Å²) in [6, 6.07) is 18.6. The molecular weight excluding hydrogens is 480 g/mol. The van der Waals surface area contributed by atoms with Crippen molar-refractivity contribution in [2.45, 2.75) is 74.7 Å². The van der Waals surface area contributed by atoms with Crippen LogP contribution in [0.25, 0.3) is 0 Å². The first-order chi connectivity index (χ1) is 19.3. The van der Waals surface area contributed by atoms with Crippen molar-refractivity contribution in [1.82, 2.24) is 10.6 Å². The van der Waals surface area contributed by atoms with E-state index in [1.807, 2.05) is 0 Å². The zero-order chi connectivity index (χ0) is 25.8. The zero-order valence-corrected chi connectivity index (χ0v) is 22.7. The molecule has 8 rings (SSSR count). The highest BCUT2D eigenvalue weighted by atomic mass is 16.5. The van der Waals surface area contributed by atoms with Crippen molar-refractivity contribution < 1.29 is 9.47 Å². The van der Waals surface area contributed by atoms with Crippen LogP contribution < -0.4 is 15.4 Å². The molecule has 2 aromatic rings. The molecular formula is C35H40N2O2. The maximum Gasteiger partial charge on any atom is 0.131 e. The first kappa shape index (κ1) is 24.2. The lowest BCUT2D eigenvalue weighted by Gasteiger charge is -2.58. The molecule has 4 nitrogen and oxygen atoms in total. The molecule has 6 aliphatic rings. The van der Waals surface area contributed by atoms with E-state index in [-0.39, 0.29) is 29.5 Å². The van der Waals surface area contributed by atoms with Crippen LogP contribution in [-0.4, -0.2) is 37.4 Å². The van der Waals surface area contributed by atoms with Gasteiger partial charge in [-0.3, -0.25) is 0 Å². The van der Waals surface area contributed by atoms with Gasteiger partial charge < -0.3 is 20.1 Å². The number of benzene rings is 2. The molecule has 3 saturated heterocycles. The molecule has 0 radical (unpaired) electrons. The SMILES string of the molecule is C1=CC2C(C=C1C1CCCCN1)OC1CC(C3CCCCN3)C=CC1C21c2ccccc2Oc2ccccc21. The van der Waals surface area contributed by atoms with Gasteiger partial charge in [0.25, 0.3) is 0 Å². The van der Waals surface area contributed by atoms with Crippen molar-refractivity contribution in [2.24, 2.45) is 17.8 Å². The highest BCUT2D eigenvalue weighted by Crippen LogP contribution is 2.62. The number of ether oxygens (including phenoxy) is 2. The Hall–Kier alpha value is -2.66. The molecule has 0 aromatic heterocycles. The number of nitrogens with one attached hydrogen (secondary N) is 2. The quantitative estimate of drug-likeness (QED) is 0.448. The van der Waals surface area contributed by atoms with Gasteiger partial charge in [-0.15, -0.1) is 0 Å². The van der Waals surface area contributed by atoms with Crippen molar-refractivity contribution in [3.63, 3.8) is 0 Å². The number of hydrogen-bond donors (Lipinski definition) is 2. The minimum absolute atomic E-state index is 0.0423. The van der Waals surface area contributed by atoms with Gasteiger partial charge >= 0.3 is 0 Å². The monoisotopic (exact) mass is 520 g/mol. The topological polar surface area (TPSA) is 42.5 Å². The fourth-order valence-corrected chi connectivity index (χ4v) is 8.78. The summed E-state index contributed by atoms with van der Waals surface area (Å²) in [7, 11) is 0. The van der Waals surface area contributed by atoms with E-state index >= 15 is 0 Å². The molecule has 202 valence electrons. The largest absolute Gasteiger partial charge is 0.457 e. The third-order valence-electron chi connectivity index (χ3n) is 10.5. The maximum absolute atomic E-state index is 7.22. The van der Waals surface area contributed by atoms with Gasteiger partial charge in [0.2, 0.25) is 0 Å². The Balaban J connectivity index is 1.28. The lowest BCUT2D eigenvalue weighted by atomic mass is 9.51. The summed E-state index contributed by atoms with van der Waals surface area (Å²) in [6.45, 7) is 2.25. The Morgan fingerprint density at radius 3 is 2.21 bits per heavy atom. The summed E-state index contributed by atoms with van der Waals surface area (Å²) >= 11 is 0. The molecule has 4 heteroatoms. The predicted molar refractivity (Wildman–Crippen MR) is 155 cm³/mol. The average molecular weight is 521 g/mol. The first-order valence-electron chi connectivity index (χ1n) is 15.4. The molecule has 1 spiro atoms. The lowest BCUT2D eigenvalue weighted by Crippen LogP contribution is -2.60. The van der Waals surface area contributed by atoms with E-state index in [2.05, 4.69) is 89.5 Å². The van der Waals surface area contributed by atoms with Crippen LogP contribution in [-0.2, 0) is 10.2 Å². The van der Waals surface area contributed by atoms with E-state index in [0.29, 0.717) is 18.0 Å². The van der Waals surface area contributed by atoms with E-state index in [1.54, 1.807) is 0 Å². The van der Waals surface area contributed by atoms with Gasteiger partial charge in [0.1, 0.15) is 11.5 Å². The van der Waals surface area contributed by atoms with Gasteiger partial charge in [-0.2, -0.15) is 0 Å². The van der Waals surface area contributed by atoms with Crippen molar-refractivity contribution >= 4 is 0 Å². The Morgan fingerprint density at radius 2 is 1.49 bits per heavy atom. The van der Waals surface area contributed by atoms with Crippen LogP contribution in [0.1, 0.15) is 56.1 Å². The lowest BCUT2D eigenvalue weighted by molar-refractivity contribution is -0.117. The first-order valence-corrected chi connectivity index (χ1v) is 15.4. The fraction of sp³-hybridized carbons (Fsp3) is 0.486. The van der Waals surface area contributed by atoms with Crippen LogP contribution in [0.15, 0.2) is 84.5 Å². The van der Waals surface area contributed by atoms with Crippen LogP contribution in [0.4, 0.5) is 0 Å². The van der Waals surface area contributed by atoms with Gasteiger partial charge in [0, 0.05) is 40.5 Å². The smallest absolute Gasteiger partial charge is 0.131 e. The highest BCUT2D eigenvalue weighted by Gasteiger charge is 2.60. The normalized spacial score (nSPS) is 36.1. The van der Waals surface area contributed by atoms with E-state index in [1.165, 1.54) is 55.2 Å². The van der Waals surface area contributed by atoms with Gasteiger partial charge in [-0.05, 0) is 68.8 Å². The fourth-order valence-electron chi connectivity index (χ4n) is 8.78. The second-order valence-corrected chi connectivity index (χ2v) is 12.5. The average Bonchev–Trinajstić information content (AvgIpc) is 3.01. The van der Waals surface area contributed by atoms with Gasteiger partial charge in [0.15, 0.2) is 0 Å². The van der Waals surface area contributed by atoms with Crippen LogP contribution in [0, 0.1) is 17.8 Å². The molecule has 4 aliphatic heterocycles. The minimum atomic E-state index is -0.237. The molecule has 3 fully saturated rings. The summed E-state index contributed by atoms with van der Waals surface area (Å²) in [4.78, 5) is 0. The van der Waals surface area contributed by atoms with Crippen molar-refractivity contribution in [2.75, 3.05) is 13.1 Å². The summed E-state index contributed by atoms with van der Waals surface area (Å²) in [5, 5.41) is 7.61.